The summed E-state index contributed by atoms with van der Waals surface area (Å²) in [6.45, 7) is 0. The van der Waals surface area contributed by atoms with Crippen LogP contribution in [0.3, 0.4) is 0 Å². The van der Waals surface area contributed by atoms with Gasteiger partial charge in [-0.05, 0) is 18.6 Å². The number of alkyl halides is 1. The molecule has 1 atom stereocenters. The fourth-order valence-corrected chi connectivity index (χ4v) is 1.64. The van der Waals surface area contributed by atoms with Crippen LogP contribution in [0.5, 0.6) is 0 Å². The van der Waals surface area contributed by atoms with Crippen LogP contribution < -0.4 is 0 Å². The Kier molecular flexibility index (Phi) is 4.79. The van der Waals surface area contributed by atoms with Crippen molar-refractivity contribution in [3.63, 3.8) is 0 Å². The summed E-state index contributed by atoms with van der Waals surface area (Å²) < 4.78 is 0. The number of halogens is 1. The Hall–Kier alpha value is -1.95. The van der Waals surface area contributed by atoms with Crippen LogP contribution in [-0.4, -0.2) is 27.7 Å². The first kappa shape index (κ1) is 14.1. The van der Waals surface area contributed by atoms with Crippen molar-refractivity contribution < 1.29 is 19.6 Å². The number of carboxylic acids is 1. The van der Waals surface area contributed by atoms with Crippen LogP contribution in [0, 0.1) is 16.0 Å². The molecule has 0 aromatic heterocycles. The zero-order valence-corrected chi connectivity index (χ0v) is 9.96. The summed E-state index contributed by atoms with van der Waals surface area (Å²) in [6.07, 6.45) is 0.0205. The number of nitro groups is 1. The van der Waals surface area contributed by atoms with E-state index in [-0.39, 0.29) is 23.6 Å². The van der Waals surface area contributed by atoms with Gasteiger partial charge in [-0.1, -0.05) is 0 Å². The Morgan fingerprint density at radius 2 is 1.89 bits per heavy atom. The summed E-state index contributed by atoms with van der Waals surface area (Å²) in [7, 11) is 0. The number of ketones is 1. The number of hydrogen-bond donors (Lipinski definition) is 1. The molecule has 1 aromatic carbocycles. The van der Waals surface area contributed by atoms with Crippen LogP contribution in [0.2, 0.25) is 0 Å². The third-order valence-corrected chi connectivity index (χ3v) is 2.59. The number of Topliss-reactive ketones (excluding diaryl/α,β-unsaturated/α-hetero) is 1. The third-order valence-electron chi connectivity index (χ3n) is 2.38. The number of benzene rings is 1. The van der Waals surface area contributed by atoms with Crippen molar-refractivity contribution in [3.05, 3.63) is 39.9 Å². The lowest BCUT2D eigenvalue weighted by molar-refractivity contribution is -0.384. The number of carboxylic acid groups (broad SMARTS) is 1. The van der Waals surface area contributed by atoms with Crippen molar-refractivity contribution in [2.24, 2.45) is 5.92 Å². The second-order valence-electron chi connectivity index (χ2n) is 3.54. The summed E-state index contributed by atoms with van der Waals surface area (Å²) in [5, 5.41) is 19.3. The quantitative estimate of drug-likeness (QED) is 0.281. The summed E-state index contributed by atoms with van der Waals surface area (Å²) in [6, 6.07) is 4.80. The Balaban J connectivity index is 2.95. The Morgan fingerprint density at radius 1 is 1.33 bits per heavy atom. The molecule has 0 saturated carbocycles. The average molecular weight is 272 g/mol. The summed E-state index contributed by atoms with van der Waals surface area (Å²) in [5.41, 5.74) is -0.0334. The number of non-ortho nitro benzene ring substituents is 1. The van der Waals surface area contributed by atoms with Gasteiger partial charge in [0.2, 0.25) is 0 Å². The van der Waals surface area contributed by atoms with Gasteiger partial charge in [0.05, 0.1) is 4.92 Å². The maximum atomic E-state index is 11.8. The molecule has 7 heteroatoms. The Morgan fingerprint density at radius 3 is 2.28 bits per heavy atom. The SMILES string of the molecule is O=C(O)C(CCCl)C(=O)c1ccc([N+](=O)[O-])cc1. The molecule has 0 amide bonds. The summed E-state index contributed by atoms with van der Waals surface area (Å²) in [5.74, 6) is -3.02. The van der Waals surface area contributed by atoms with Crippen LogP contribution in [0.1, 0.15) is 16.8 Å². The van der Waals surface area contributed by atoms with E-state index in [1.165, 1.54) is 12.1 Å². The van der Waals surface area contributed by atoms with Gasteiger partial charge < -0.3 is 5.11 Å². The van der Waals surface area contributed by atoms with Gasteiger partial charge in [-0.25, -0.2) is 0 Å². The fraction of sp³-hybridized carbons (Fsp3) is 0.273. The van der Waals surface area contributed by atoms with Gasteiger partial charge in [-0.15, -0.1) is 11.6 Å². The van der Waals surface area contributed by atoms with E-state index in [0.29, 0.717) is 0 Å². The predicted molar refractivity (Wildman–Crippen MR) is 63.9 cm³/mol. The maximum absolute atomic E-state index is 11.8. The molecular weight excluding hydrogens is 262 g/mol. The van der Waals surface area contributed by atoms with Crippen LogP contribution in [0.15, 0.2) is 24.3 Å². The van der Waals surface area contributed by atoms with E-state index in [9.17, 15) is 19.7 Å². The summed E-state index contributed by atoms with van der Waals surface area (Å²) >= 11 is 5.43. The van der Waals surface area contributed by atoms with Crippen molar-refractivity contribution in [1.29, 1.82) is 0 Å². The van der Waals surface area contributed by atoms with Crippen LogP contribution in [-0.2, 0) is 4.79 Å². The number of carbonyl (C=O) groups excluding carboxylic acids is 1. The van der Waals surface area contributed by atoms with E-state index in [2.05, 4.69) is 0 Å². The maximum Gasteiger partial charge on any atom is 0.314 e. The van der Waals surface area contributed by atoms with Gasteiger partial charge >= 0.3 is 5.97 Å². The van der Waals surface area contributed by atoms with Crippen LogP contribution in [0.4, 0.5) is 5.69 Å². The summed E-state index contributed by atoms with van der Waals surface area (Å²) in [4.78, 5) is 32.6. The topological polar surface area (TPSA) is 97.5 Å². The first-order chi connectivity index (χ1) is 8.47. The van der Waals surface area contributed by atoms with Gasteiger partial charge in [0.25, 0.3) is 5.69 Å². The molecule has 1 rings (SSSR count). The Bertz CT molecular complexity index is 471. The molecule has 0 aliphatic heterocycles. The molecule has 96 valence electrons. The molecule has 18 heavy (non-hydrogen) atoms. The number of rotatable bonds is 6. The highest BCUT2D eigenvalue weighted by molar-refractivity contribution is 6.18. The standard InChI is InChI=1S/C11H10ClNO5/c12-6-5-9(11(15)16)10(14)7-1-3-8(4-2-7)13(17)18/h1-4,9H,5-6H2,(H,15,16). The van der Waals surface area contributed by atoms with E-state index in [1.807, 2.05) is 0 Å². The number of nitro benzene ring substituents is 1. The third kappa shape index (κ3) is 3.27. The predicted octanol–water partition coefficient (Wildman–Crippen LogP) is 2.11. The number of hydrogen-bond acceptors (Lipinski definition) is 4. The highest BCUT2D eigenvalue weighted by Crippen LogP contribution is 2.17. The number of nitrogens with zero attached hydrogens (tertiary/aromatic N) is 1. The van der Waals surface area contributed by atoms with Crippen molar-refractivity contribution in [2.45, 2.75) is 6.42 Å². The zero-order valence-electron chi connectivity index (χ0n) is 9.21. The van der Waals surface area contributed by atoms with Crippen molar-refractivity contribution in [1.82, 2.24) is 0 Å². The molecular formula is C11H10ClNO5. The van der Waals surface area contributed by atoms with Gasteiger partial charge in [0.15, 0.2) is 5.78 Å². The smallest absolute Gasteiger partial charge is 0.314 e. The first-order valence-corrected chi connectivity index (χ1v) is 5.58. The minimum atomic E-state index is -1.25. The molecule has 0 saturated heterocycles. The van der Waals surface area contributed by atoms with Crippen LogP contribution >= 0.6 is 11.6 Å². The van der Waals surface area contributed by atoms with Crippen LogP contribution in [0.25, 0.3) is 0 Å². The molecule has 1 unspecified atom stereocenters. The largest absolute Gasteiger partial charge is 0.481 e. The molecule has 0 fully saturated rings. The fourth-order valence-electron chi connectivity index (χ4n) is 1.42. The number of aliphatic carboxylic acids is 1. The van der Waals surface area contributed by atoms with Gasteiger partial charge in [-0.3, -0.25) is 19.7 Å². The molecule has 6 nitrogen and oxygen atoms in total. The Labute approximate surface area is 107 Å². The van der Waals surface area contributed by atoms with Crippen molar-refractivity contribution >= 4 is 29.0 Å². The van der Waals surface area contributed by atoms with Crippen molar-refractivity contribution in [3.8, 4) is 0 Å². The average Bonchev–Trinajstić information content (AvgIpc) is 2.35. The van der Waals surface area contributed by atoms with E-state index < -0.39 is 22.6 Å². The normalized spacial score (nSPS) is 11.8. The van der Waals surface area contributed by atoms with E-state index in [1.54, 1.807) is 0 Å². The minimum Gasteiger partial charge on any atom is -0.481 e. The number of carbonyl (C=O) groups is 2. The minimum absolute atomic E-state index is 0.0205. The lowest BCUT2D eigenvalue weighted by Gasteiger charge is -2.09. The second kappa shape index (κ2) is 6.11. The zero-order chi connectivity index (χ0) is 13.7. The molecule has 0 aliphatic carbocycles. The highest BCUT2D eigenvalue weighted by Gasteiger charge is 2.26. The first-order valence-electron chi connectivity index (χ1n) is 5.04. The van der Waals surface area contributed by atoms with Gasteiger partial charge in [0.1, 0.15) is 5.92 Å². The molecule has 0 aliphatic rings. The van der Waals surface area contributed by atoms with E-state index in [4.69, 9.17) is 16.7 Å². The van der Waals surface area contributed by atoms with E-state index >= 15 is 0 Å². The lowest BCUT2D eigenvalue weighted by Crippen LogP contribution is -2.24. The highest BCUT2D eigenvalue weighted by atomic mass is 35.5. The molecule has 1 N–H and O–H groups in total. The molecule has 0 heterocycles. The lowest BCUT2D eigenvalue weighted by atomic mass is 9.95. The molecule has 0 bridgehead atoms. The second-order valence-corrected chi connectivity index (χ2v) is 3.91. The van der Waals surface area contributed by atoms with E-state index in [0.717, 1.165) is 12.1 Å². The van der Waals surface area contributed by atoms with Gasteiger partial charge in [0, 0.05) is 23.6 Å². The molecule has 0 radical (unpaired) electrons. The molecule has 1 aromatic rings. The molecule has 0 spiro atoms. The van der Waals surface area contributed by atoms with Crippen molar-refractivity contribution in [2.75, 3.05) is 5.88 Å². The monoisotopic (exact) mass is 271 g/mol. The van der Waals surface area contributed by atoms with Gasteiger partial charge in [-0.2, -0.15) is 0 Å².